The minimum absolute atomic E-state index is 0.138. The Hall–Kier alpha value is -1.31. The van der Waals surface area contributed by atoms with Crippen molar-refractivity contribution in [3.63, 3.8) is 0 Å². The molecule has 1 rings (SSSR count). The van der Waals surface area contributed by atoms with Crippen LogP contribution in [-0.2, 0) is 4.79 Å². The zero-order valence-corrected chi connectivity index (χ0v) is 9.87. The van der Waals surface area contributed by atoms with E-state index in [9.17, 15) is 4.79 Å². The van der Waals surface area contributed by atoms with E-state index in [0.717, 1.165) is 5.56 Å². The maximum absolute atomic E-state index is 11.5. The third-order valence-electron chi connectivity index (χ3n) is 2.56. The Bertz CT molecular complexity index is 346. The number of aryl methyl sites for hydroxylation is 1. The van der Waals surface area contributed by atoms with Crippen LogP contribution in [0.5, 0.6) is 0 Å². The van der Waals surface area contributed by atoms with Crippen LogP contribution in [-0.4, -0.2) is 5.91 Å². The number of nitrogens with two attached hydrogens (primary N) is 1. The highest BCUT2D eigenvalue weighted by molar-refractivity contribution is 5.82. The van der Waals surface area contributed by atoms with Crippen LogP contribution in [0.15, 0.2) is 24.3 Å². The SMILES string of the molecule is Cc1ccc(C(C(N)=O)C(C)(C)C)cc1. The van der Waals surface area contributed by atoms with E-state index in [1.165, 1.54) is 5.56 Å². The fourth-order valence-electron chi connectivity index (χ4n) is 1.85. The van der Waals surface area contributed by atoms with E-state index in [1.807, 2.05) is 52.0 Å². The number of primary amides is 1. The van der Waals surface area contributed by atoms with Gasteiger partial charge in [-0.2, -0.15) is 0 Å². The van der Waals surface area contributed by atoms with Crippen molar-refractivity contribution in [1.82, 2.24) is 0 Å². The summed E-state index contributed by atoms with van der Waals surface area (Å²) in [5.74, 6) is -0.482. The molecule has 0 saturated heterocycles. The highest BCUT2D eigenvalue weighted by Crippen LogP contribution is 2.34. The Morgan fingerprint density at radius 3 is 2.00 bits per heavy atom. The monoisotopic (exact) mass is 205 g/mol. The molecule has 0 aliphatic carbocycles. The molecule has 2 nitrogen and oxygen atoms in total. The predicted octanol–water partition coefficient (Wildman–Crippen LogP) is 2.61. The van der Waals surface area contributed by atoms with Gasteiger partial charge in [-0.05, 0) is 17.9 Å². The topological polar surface area (TPSA) is 43.1 Å². The minimum Gasteiger partial charge on any atom is -0.369 e. The molecule has 0 aliphatic rings. The van der Waals surface area contributed by atoms with Crippen LogP contribution in [0.4, 0.5) is 0 Å². The second-order valence-electron chi connectivity index (χ2n) is 5.11. The first-order valence-electron chi connectivity index (χ1n) is 5.18. The molecule has 15 heavy (non-hydrogen) atoms. The molecular weight excluding hydrogens is 186 g/mol. The molecule has 2 heteroatoms. The summed E-state index contributed by atoms with van der Waals surface area (Å²) in [4.78, 5) is 11.5. The lowest BCUT2D eigenvalue weighted by Gasteiger charge is -2.28. The van der Waals surface area contributed by atoms with E-state index < -0.39 is 0 Å². The van der Waals surface area contributed by atoms with Crippen molar-refractivity contribution in [3.05, 3.63) is 35.4 Å². The molecule has 2 N–H and O–H groups in total. The van der Waals surface area contributed by atoms with Crippen molar-refractivity contribution in [2.45, 2.75) is 33.6 Å². The molecule has 1 aromatic rings. The summed E-state index contributed by atoms with van der Waals surface area (Å²) < 4.78 is 0. The lowest BCUT2D eigenvalue weighted by atomic mass is 9.76. The normalized spacial score (nSPS) is 13.6. The summed E-state index contributed by atoms with van der Waals surface area (Å²) in [7, 11) is 0. The van der Waals surface area contributed by atoms with E-state index >= 15 is 0 Å². The third-order valence-corrected chi connectivity index (χ3v) is 2.56. The molecule has 0 aliphatic heterocycles. The lowest BCUT2D eigenvalue weighted by Crippen LogP contribution is -2.31. The molecule has 0 spiro atoms. The standard InChI is InChI=1S/C13H19NO/c1-9-5-7-10(8-6-9)11(12(14)15)13(2,3)4/h5-8,11H,1-4H3,(H2,14,15). The average Bonchev–Trinajstić information content (AvgIpc) is 2.05. The van der Waals surface area contributed by atoms with Crippen LogP contribution in [0.2, 0.25) is 0 Å². The highest BCUT2D eigenvalue weighted by Gasteiger charge is 2.30. The van der Waals surface area contributed by atoms with Gasteiger partial charge in [-0.15, -0.1) is 0 Å². The zero-order valence-electron chi connectivity index (χ0n) is 9.87. The molecule has 0 saturated carbocycles. The van der Waals surface area contributed by atoms with Crippen LogP contribution in [0, 0.1) is 12.3 Å². The summed E-state index contributed by atoms with van der Waals surface area (Å²) in [6, 6.07) is 7.99. The second-order valence-corrected chi connectivity index (χ2v) is 5.11. The Morgan fingerprint density at radius 2 is 1.67 bits per heavy atom. The Morgan fingerprint density at radius 1 is 1.20 bits per heavy atom. The molecule has 1 amide bonds. The van der Waals surface area contributed by atoms with Gasteiger partial charge in [-0.3, -0.25) is 4.79 Å². The van der Waals surface area contributed by atoms with Crippen molar-refractivity contribution in [3.8, 4) is 0 Å². The number of carbonyl (C=O) groups excluding carboxylic acids is 1. The number of hydrogen-bond acceptors (Lipinski definition) is 1. The smallest absolute Gasteiger partial charge is 0.225 e. The van der Waals surface area contributed by atoms with Crippen LogP contribution in [0.1, 0.15) is 37.8 Å². The van der Waals surface area contributed by atoms with Gasteiger partial charge in [0, 0.05) is 0 Å². The number of rotatable bonds is 2. The van der Waals surface area contributed by atoms with Gasteiger partial charge in [-0.1, -0.05) is 50.6 Å². The van der Waals surface area contributed by atoms with Gasteiger partial charge in [0.2, 0.25) is 5.91 Å². The van der Waals surface area contributed by atoms with Gasteiger partial charge >= 0.3 is 0 Å². The molecule has 0 aromatic heterocycles. The van der Waals surface area contributed by atoms with Gasteiger partial charge in [-0.25, -0.2) is 0 Å². The van der Waals surface area contributed by atoms with Gasteiger partial charge in [0.05, 0.1) is 5.92 Å². The fourth-order valence-corrected chi connectivity index (χ4v) is 1.85. The van der Waals surface area contributed by atoms with Crippen LogP contribution in [0.3, 0.4) is 0 Å². The Balaban J connectivity index is 3.11. The molecule has 0 radical (unpaired) electrons. The first kappa shape index (κ1) is 11.8. The van der Waals surface area contributed by atoms with Crippen LogP contribution >= 0.6 is 0 Å². The molecule has 1 unspecified atom stereocenters. The van der Waals surface area contributed by atoms with Gasteiger partial charge in [0.15, 0.2) is 0 Å². The van der Waals surface area contributed by atoms with E-state index in [2.05, 4.69) is 0 Å². The van der Waals surface area contributed by atoms with Gasteiger partial charge in [0.1, 0.15) is 0 Å². The summed E-state index contributed by atoms with van der Waals surface area (Å²) in [6.07, 6.45) is 0. The zero-order chi connectivity index (χ0) is 11.6. The lowest BCUT2D eigenvalue weighted by molar-refractivity contribution is -0.121. The minimum atomic E-state index is -0.258. The van der Waals surface area contributed by atoms with E-state index in [4.69, 9.17) is 5.73 Å². The van der Waals surface area contributed by atoms with E-state index in [-0.39, 0.29) is 17.2 Å². The maximum atomic E-state index is 11.5. The summed E-state index contributed by atoms with van der Waals surface area (Å²) >= 11 is 0. The Kier molecular flexibility index (Phi) is 3.18. The number of amides is 1. The molecule has 1 aromatic carbocycles. The molecule has 0 heterocycles. The van der Waals surface area contributed by atoms with Gasteiger partial charge < -0.3 is 5.73 Å². The molecular formula is C13H19NO. The van der Waals surface area contributed by atoms with Crippen molar-refractivity contribution in [2.24, 2.45) is 11.1 Å². The first-order chi connectivity index (χ1) is 6.82. The summed E-state index contributed by atoms with van der Waals surface area (Å²) in [5, 5.41) is 0. The van der Waals surface area contributed by atoms with Crippen molar-refractivity contribution in [1.29, 1.82) is 0 Å². The fraction of sp³-hybridized carbons (Fsp3) is 0.462. The maximum Gasteiger partial charge on any atom is 0.225 e. The third kappa shape index (κ3) is 2.82. The molecule has 1 atom stereocenters. The first-order valence-corrected chi connectivity index (χ1v) is 5.18. The summed E-state index contributed by atoms with van der Waals surface area (Å²) in [5.41, 5.74) is 7.51. The van der Waals surface area contributed by atoms with Gasteiger partial charge in [0.25, 0.3) is 0 Å². The van der Waals surface area contributed by atoms with Crippen LogP contribution < -0.4 is 5.73 Å². The quantitative estimate of drug-likeness (QED) is 0.792. The predicted molar refractivity (Wildman–Crippen MR) is 62.6 cm³/mol. The van der Waals surface area contributed by atoms with E-state index in [1.54, 1.807) is 0 Å². The highest BCUT2D eigenvalue weighted by atomic mass is 16.1. The number of benzene rings is 1. The number of carbonyl (C=O) groups is 1. The van der Waals surface area contributed by atoms with E-state index in [0.29, 0.717) is 0 Å². The molecule has 0 fully saturated rings. The second kappa shape index (κ2) is 4.05. The van der Waals surface area contributed by atoms with Crippen molar-refractivity contribution >= 4 is 5.91 Å². The molecule has 0 bridgehead atoms. The van der Waals surface area contributed by atoms with Crippen molar-refractivity contribution < 1.29 is 4.79 Å². The van der Waals surface area contributed by atoms with Crippen molar-refractivity contribution in [2.75, 3.05) is 0 Å². The van der Waals surface area contributed by atoms with Crippen LogP contribution in [0.25, 0.3) is 0 Å². The Labute approximate surface area is 91.5 Å². The number of hydrogen-bond donors (Lipinski definition) is 1. The summed E-state index contributed by atoms with van der Waals surface area (Å²) in [6.45, 7) is 8.12. The largest absolute Gasteiger partial charge is 0.369 e. The average molecular weight is 205 g/mol. The molecule has 82 valence electrons.